The first-order valence-corrected chi connectivity index (χ1v) is 3.81. The average molecular weight is 144 g/mol. The first kappa shape index (κ1) is 9.43. The molecular weight excluding hydrogens is 128 g/mol. The molecule has 1 fully saturated rings. The highest BCUT2D eigenvalue weighted by Gasteiger charge is 2.18. The van der Waals surface area contributed by atoms with Crippen molar-refractivity contribution in [2.24, 2.45) is 11.7 Å². The van der Waals surface area contributed by atoms with Crippen LogP contribution in [0.2, 0.25) is 0 Å². The van der Waals surface area contributed by atoms with Gasteiger partial charge in [0.05, 0.1) is 5.92 Å². The quantitative estimate of drug-likeness (QED) is 0.548. The molecule has 3 nitrogen and oxygen atoms in total. The molecule has 0 spiro atoms. The number of nitrogens with two attached hydrogens (primary N) is 1. The molecule has 1 heterocycles. The molecule has 1 unspecified atom stereocenters. The van der Waals surface area contributed by atoms with Gasteiger partial charge in [-0.05, 0) is 13.0 Å². The minimum atomic E-state index is -0.171. The van der Waals surface area contributed by atoms with Crippen LogP contribution in [0.5, 0.6) is 0 Å². The van der Waals surface area contributed by atoms with Gasteiger partial charge in [-0.1, -0.05) is 13.8 Å². The number of carbonyl (C=O) groups is 1. The zero-order chi connectivity index (χ0) is 7.98. The minimum absolute atomic E-state index is 0.0926. The van der Waals surface area contributed by atoms with E-state index in [0.717, 1.165) is 19.5 Å². The lowest BCUT2D eigenvalue weighted by molar-refractivity contribution is -0.121. The van der Waals surface area contributed by atoms with Crippen molar-refractivity contribution in [3.8, 4) is 0 Å². The lowest BCUT2D eigenvalue weighted by atomic mass is 10.1. The van der Waals surface area contributed by atoms with Crippen molar-refractivity contribution in [1.82, 2.24) is 5.32 Å². The van der Waals surface area contributed by atoms with Crippen molar-refractivity contribution in [3.63, 3.8) is 0 Å². The molecule has 1 amide bonds. The van der Waals surface area contributed by atoms with E-state index in [0.29, 0.717) is 0 Å². The molecule has 3 N–H and O–H groups in total. The van der Waals surface area contributed by atoms with Gasteiger partial charge in [-0.2, -0.15) is 0 Å². The molecule has 1 saturated heterocycles. The van der Waals surface area contributed by atoms with Crippen LogP contribution in [-0.4, -0.2) is 19.0 Å². The van der Waals surface area contributed by atoms with E-state index in [-0.39, 0.29) is 11.8 Å². The Kier molecular flexibility index (Phi) is 4.94. The standard InChI is InChI=1S/C5H10N2O.C2H6/c6-5(8)4-1-2-7-3-4;1-2/h4,7H,1-3H2,(H2,6,8);1-2H3. The molecule has 10 heavy (non-hydrogen) atoms. The second-order valence-corrected chi connectivity index (χ2v) is 2.09. The van der Waals surface area contributed by atoms with Gasteiger partial charge in [-0.25, -0.2) is 0 Å². The summed E-state index contributed by atoms with van der Waals surface area (Å²) in [6.45, 7) is 5.71. The number of hydrogen-bond acceptors (Lipinski definition) is 2. The van der Waals surface area contributed by atoms with Gasteiger partial charge in [0, 0.05) is 6.54 Å². The van der Waals surface area contributed by atoms with Crippen molar-refractivity contribution in [3.05, 3.63) is 0 Å². The summed E-state index contributed by atoms with van der Waals surface area (Å²) >= 11 is 0. The van der Waals surface area contributed by atoms with E-state index in [2.05, 4.69) is 5.32 Å². The van der Waals surface area contributed by atoms with Crippen LogP contribution in [-0.2, 0) is 4.79 Å². The Morgan fingerprint density at radius 1 is 1.60 bits per heavy atom. The van der Waals surface area contributed by atoms with Gasteiger partial charge in [0.25, 0.3) is 0 Å². The summed E-state index contributed by atoms with van der Waals surface area (Å²) in [5, 5.41) is 3.05. The Morgan fingerprint density at radius 3 is 2.40 bits per heavy atom. The number of hydrogen-bond donors (Lipinski definition) is 2. The fourth-order valence-electron chi connectivity index (χ4n) is 0.897. The number of rotatable bonds is 1. The SMILES string of the molecule is CC.NC(=O)C1CCNC1. The molecule has 3 heteroatoms. The molecule has 1 atom stereocenters. The third-order valence-electron chi connectivity index (χ3n) is 1.46. The highest BCUT2D eigenvalue weighted by molar-refractivity contribution is 5.77. The number of primary amides is 1. The van der Waals surface area contributed by atoms with Gasteiger partial charge >= 0.3 is 0 Å². The molecule has 1 aliphatic rings. The highest BCUT2D eigenvalue weighted by atomic mass is 16.1. The summed E-state index contributed by atoms with van der Waals surface area (Å²) in [5.41, 5.74) is 5.02. The molecule has 60 valence electrons. The average Bonchev–Trinajstić information content (AvgIpc) is 2.42. The topological polar surface area (TPSA) is 55.1 Å². The van der Waals surface area contributed by atoms with Crippen LogP contribution in [0.4, 0.5) is 0 Å². The van der Waals surface area contributed by atoms with E-state index in [9.17, 15) is 4.79 Å². The summed E-state index contributed by atoms with van der Waals surface area (Å²) in [7, 11) is 0. The van der Waals surface area contributed by atoms with E-state index < -0.39 is 0 Å². The van der Waals surface area contributed by atoms with Gasteiger partial charge in [0.15, 0.2) is 0 Å². The number of amides is 1. The Bertz CT molecular complexity index is 97.8. The lowest BCUT2D eigenvalue weighted by Gasteiger charge is -1.98. The first-order valence-electron chi connectivity index (χ1n) is 3.81. The van der Waals surface area contributed by atoms with Crippen LogP contribution in [0.1, 0.15) is 20.3 Å². The second kappa shape index (κ2) is 5.23. The van der Waals surface area contributed by atoms with E-state index in [1.54, 1.807) is 0 Å². The maximum Gasteiger partial charge on any atom is 0.221 e. The van der Waals surface area contributed by atoms with Crippen molar-refractivity contribution >= 4 is 5.91 Å². The number of nitrogens with one attached hydrogen (secondary N) is 1. The van der Waals surface area contributed by atoms with Crippen LogP contribution in [0.15, 0.2) is 0 Å². The predicted octanol–water partition coefficient (Wildman–Crippen LogP) is 0.107. The van der Waals surface area contributed by atoms with Crippen LogP contribution in [0, 0.1) is 5.92 Å². The Balaban J connectivity index is 0.000000371. The second-order valence-electron chi connectivity index (χ2n) is 2.09. The smallest absolute Gasteiger partial charge is 0.221 e. The molecule has 0 aromatic heterocycles. The van der Waals surface area contributed by atoms with Gasteiger partial charge in [-0.15, -0.1) is 0 Å². The summed E-state index contributed by atoms with van der Waals surface area (Å²) in [6, 6.07) is 0. The summed E-state index contributed by atoms with van der Waals surface area (Å²) in [6.07, 6.45) is 0.912. The van der Waals surface area contributed by atoms with Crippen molar-refractivity contribution in [2.45, 2.75) is 20.3 Å². The maximum absolute atomic E-state index is 10.4. The van der Waals surface area contributed by atoms with Crippen molar-refractivity contribution < 1.29 is 4.79 Å². The van der Waals surface area contributed by atoms with Crippen LogP contribution in [0.25, 0.3) is 0 Å². The Morgan fingerprint density at radius 2 is 2.20 bits per heavy atom. The normalized spacial score (nSPS) is 23.2. The van der Waals surface area contributed by atoms with Crippen LogP contribution in [0.3, 0.4) is 0 Å². The summed E-state index contributed by atoms with van der Waals surface area (Å²) < 4.78 is 0. The predicted molar refractivity (Wildman–Crippen MR) is 41.5 cm³/mol. The fraction of sp³-hybridized carbons (Fsp3) is 0.857. The zero-order valence-corrected chi connectivity index (χ0v) is 6.68. The Hall–Kier alpha value is -0.570. The van der Waals surface area contributed by atoms with Crippen LogP contribution >= 0.6 is 0 Å². The van der Waals surface area contributed by atoms with Crippen molar-refractivity contribution in [1.29, 1.82) is 0 Å². The van der Waals surface area contributed by atoms with E-state index in [4.69, 9.17) is 5.73 Å². The number of carbonyl (C=O) groups excluding carboxylic acids is 1. The minimum Gasteiger partial charge on any atom is -0.369 e. The molecule has 0 aromatic carbocycles. The summed E-state index contributed by atoms with van der Waals surface area (Å²) in [5.74, 6) is -0.0787. The molecule has 0 aliphatic carbocycles. The highest BCUT2D eigenvalue weighted by Crippen LogP contribution is 2.04. The molecular formula is C7H16N2O. The van der Waals surface area contributed by atoms with E-state index in [1.807, 2.05) is 13.8 Å². The van der Waals surface area contributed by atoms with Gasteiger partial charge in [0.1, 0.15) is 0 Å². The Labute approximate surface area is 62.0 Å². The summed E-state index contributed by atoms with van der Waals surface area (Å²) in [4.78, 5) is 10.4. The molecule has 1 rings (SSSR count). The fourth-order valence-corrected chi connectivity index (χ4v) is 0.897. The molecule has 0 aromatic rings. The van der Waals surface area contributed by atoms with Crippen molar-refractivity contribution in [2.75, 3.05) is 13.1 Å². The van der Waals surface area contributed by atoms with Gasteiger partial charge in [0.2, 0.25) is 5.91 Å². The van der Waals surface area contributed by atoms with Crippen LogP contribution < -0.4 is 11.1 Å². The lowest BCUT2D eigenvalue weighted by Crippen LogP contribution is -2.24. The molecule has 0 bridgehead atoms. The molecule has 1 aliphatic heterocycles. The molecule has 0 saturated carbocycles. The van der Waals surface area contributed by atoms with E-state index in [1.165, 1.54) is 0 Å². The van der Waals surface area contributed by atoms with Gasteiger partial charge in [-0.3, -0.25) is 4.79 Å². The maximum atomic E-state index is 10.4. The molecule has 0 radical (unpaired) electrons. The zero-order valence-electron chi connectivity index (χ0n) is 6.68. The third-order valence-corrected chi connectivity index (χ3v) is 1.46. The van der Waals surface area contributed by atoms with Gasteiger partial charge < -0.3 is 11.1 Å². The monoisotopic (exact) mass is 144 g/mol. The van der Waals surface area contributed by atoms with E-state index >= 15 is 0 Å². The first-order chi connectivity index (χ1) is 4.80. The largest absolute Gasteiger partial charge is 0.369 e. The third kappa shape index (κ3) is 2.82.